The van der Waals surface area contributed by atoms with Gasteiger partial charge in [0.15, 0.2) is 0 Å². The number of nitrogens with zero attached hydrogens (tertiary/aromatic N) is 1. The number of rotatable bonds is 9. The molecule has 0 aliphatic carbocycles. The first-order valence-electron chi connectivity index (χ1n) is 13.2. The molecule has 1 saturated heterocycles. The summed E-state index contributed by atoms with van der Waals surface area (Å²) in [7, 11) is 1.53. The second kappa shape index (κ2) is 13.5. The molecule has 10 heteroatoms. The molecule has 1 aromatic rings. The van der Waals surface area contributed by atoms with Gasteiger partial charge >= 0.3 is 6.09 Å². The van der Waals surface area contributed by atoms with Crippen LogP contribution in [0.15, 0.2) is 18.2 Å². The molecule has 2 atom stereocenters. The van der Waals surface area contributed by atoms with E-state index in [1.54, 1.807) is 38.7 Å². The van der Waals surface area contributed by atoms with Crippen LogP contribution in [0, 0.1) is 18.8 Å². The van der Waals surface area contributed by atoms with Crippen LogP contribution in [-0.4, -0.2) is 66.6 Å². The molecule has 0 radical (unpaired) electrons. The predicted octanol–water partition coefficient (Wildman–Crippen LogP) is 3.62. The third kappa shape index (κ3) is 9.54. The molecular formula is C28H44N4O6. The number of aryl methyl sites for hydroxylation is 1. The number of piperidine rings is 1. The fourth-order valence-corrected chi connectivity index (χ4v) is 4.28. The zero-order valence-electron chi connectivity index (χ0n) is 24.0. The van der Waals surface area contributed by atoms with E-state index >= 15 is 0 Å². The minimum atomic E-state index is -0.749. The quantitative estimate of drug-likeness (QED) is 0.446. The van der Waals surface area contributed by atoms with E-state index in [1.807, 2.05) is 32.9 Å². The Morgan fingerprint density at radius 3 is 2.24 bits per heavy atom. The van der Waals surface area contributed by atoms with Gasteiger partial charge in [0, 0.05) is 19.0 Å². The Hall–Kier alpha value is -3.30. The lowest BCUT2D eigenvalue weighted by molar-refractivity contribution is -0.138. The van der Waals surface area contributed by atoms with Crippen molar-refractivity contribution in [2.24, 2.45) is 11.8 Å². The number of methoxy groups -OCH3 is 1. The van der Waals surface area contributed by atoms with E-state index in [9.17, 15) is 19.2 Å². The van der Waals surface area contributed by atoms with Gasteiger partial charge < -0.3 is 30.3 Å². The number of anilines is 1. The lowest BCUT2D eigenvalue weighted by Crippen LogP contribution is -2.53. The van der Waals surface area contributed by atoms with Crippen molar-refractivity contribution in [3.63, 3.8) is 0 Å². The van der Waals surface area contributed by atoms with Gasteiger partial charge in [0.25, 0.3) is 0 Å². The zero-order valence-corrected chi connectivity index (χ0v) is 24.0. The second-order valence-electron chi connectivity index (χ2n) is 11.4. The molecule has 0 aromatic heterocycles. The maximum absolute atomic E-state index is 13.2. The van der Waals surface area contributed by atoms with Crippen LogP contribution in [0.4, 0.5) is 10.5 Å². The molecule has 4 amide bonds. The van der Waals surface area contributed by atoms with Crippen LogP contribution in [0.5, 0.6) is 5.75 Å². The predicted molar refractivity (Wildman–Crippen MR) is 146 cm³/mol. The van der Waals surface area contributed by atoms with Crippen molar-refractivity contribution in [3.05, 3.63) is 23.8 Å². The van der Waals surface area contributed by atoms with Crippen LogP contribution in [-0.2, 0) is 19.1 Å². The van der Waals surface area contributed by atoms with Crippen molar-refractivity contribution in [2.45, 2.75) is 85.4 Å². The number of benzene rings is 1. The molecule has 1 aliphatic heterocycles. The first-order chi connectivity index (χ1) is 17.7. The summed E-state index contributed by atoms with van der Waals surface area (Å²) >= 11 is 0. The SMILES string of the molecule is COc1ccc(C)cc1NC(=O)[C@H](C)NC(=O)C1CCN(C(=O)[C@H](CC(C)C)NC(=O)OC(C)(C)C)CC1. The Balaban J connectivity index is 1.91. The molecule has 2 rings (SSSR count). The van der Waals surface area contributed by atoms with Crippen LogP contribution in [0.3, 0.4) is 0 Å². The smallest absolute Gasteiger partial charge is 0.408 e. The molecule has 212 valence electrons. The average molecular weight is 533 g/mol. The number of hydrogen-bond donors (Lipinski definition) is 3. The van der Waals surface area contributed by atoms with Crippen molar-refractivity contribution in [3.8, 4) is 5.75 Å². The number of nitrogens with one attached hydrogen (secondary N) is 3. The molecule has 38 heavy (non-hydrogen) atoms. The van der Waals surface area contributed by atoms with Gasteiger partial charge in [-0.2, -0.15) is 0 Å². The Labute approximate surface area is 226 Å². The molecule has 0 bridgehead atoms. The summed E-state index contributed by atoms with van der Waals surface area (Å²) in [5, 5.41) is 8.33. The summed E-state index contributed by atoms with van der Waals surface area (Å²) in [6, 6.07) is 4.02. The lowest BCUT2D eigenvalue weighted by atomic mass is 9.94. The molecule has 1 aromatic carbocycles. The Kier molecular flexibility index (Phi) is 11.0. The van der Waals surface area contributed by atoms with Crippen molar-refractivity contribution in [1.82, 2.24) is 15.5 Å². The molecule has 0 saturated carbocycles. The normalized spacial score (nSPS) is 15.9. The summed E-state index contributed by atoms with van der Waals surface area (Å²) < 4.78 is 10.6. The number of carbonyl (C=O) groups is 4. The van der Waals surface area contributed by atoms with Gasteiger partial charge in [0.1, 0.15) is 23.4 Å². The van der Waals surface area contributed by atoms with Crippen LogP contribution >= 0.6 is 0 Å². The molecule has 1 fully saturated rings. The van der Waals surface area contributed by atoms with Gasteiger partial charge in [-0.1, -0.05) is 19.9 Å². The highest BCUT2D eigenvalue weighted by atomic mass is 16.6. The number of hydrogen-bond acceptors (Lipinski definition) is 6. The molecule has 3 N–H and O–H groups in total. The van der Waals surface area contributed by atoms with Crippen LogP contribution in [0.25, 0.3) is 0 Å². The molecular weight excluding hydrogens is 488 g/mol. The second-order valence-corrected chi connectivity index (χ2v) is 11.4. The minimum absolute atomic E-state index is 0.178. The number of ether oxygens (including phenoxy) is 2. The van der Waals surface area contributed by atoms with Crippen molar-refractivity contribution in [1.29, 1.82) is 0 Å². The number of carbonyl (C=O) groups excluding carboxylic acids is 4. The first-order valence-corrected chi connectivity index (χ1v) is 13.2. The van der Waals surface area contributed by atoms with Gasteiger partial charge in [0.2, 0.25) is 17.7 Å². The monoisotopic (exact) mass is 532 g/mol. The van der Waals surface area contributed by atoms with Gasteiger partial charge in [-0.3, -0.25) is 14.4 Å². The highest BCUT2D eigenvalue weighted by Crippen LogP contribution is 2.25. The van der Waals surface area contributed by atoms with E-state index in [1.165, 1.54) is 7.11 Å². The van der Waals surface area contributed by atoms with E-state index in [-0.39, 0.29) is 29.6 Å². The van der Waals surface area contributed by atoms with Gasteiger partial charge in [-0.25, -0.2) is 4.79 Å². The van der Waals surface area contributed by atoms with Crippen molar-refractivity contribution >= 4 is 29.5 Å². The van der Waals surface area contributed by atoms with Gasteiger partial charge in [0.05, 0.1) is 12.8 Å². The number of amides is 4. The highest BCUT2D eigenvalue weighted by Gasteiger charge is 2.33. The zero-order chi connectivity index (χ0) is 28.6. The maximum Gasteiger partial charge on any atom is 0.408 e. The number of likely N-dealkylation sites (tertiary alicyclic amines) is 1. The van der Waals surface area contributed by atoms with Gasteiger partial charge in [-0.05, 0) is 77.5 Å². The highest BCUT2D eigenvalue weighted by molar-refractivity contribution is 5.98. The summed E-state index contributed by atoms with van der Waals surface area (Å²) in [6.45, 7) is 13.6. The summed E-state index contributed by atoms with van der Waals surface area (Å²) in [6.07, 6.45) is 0.801. The van der Waals surface area contributed by atoms with E-state index in [0.717, 1.165) is 5.56 Å². The average Bonchev–Trinajstić information content (AvgIpc) is 2.81. The Morgan fingerprint density at radius 2 is 1.68 bits per heavy atom. The largest absolute Gasteiger partial charge is 0.495 e. The third-order valence-electron chi connectivity index (χ3n) is 6.24. The van der Waals surface area contributed by atoms with Gasteiger partial charge in [-0.15, -0.1) is 0 Å². The molecule has 1 aliphatic rings. The van der Waals surface area contributed by atoms with Crippen molar-refractivity contribution < 1.29 is 28.7 Å². The van der Waals surface area contributed by atoms with E-state index in [2.05, 4.69) is 16.0 Å². The Bertz CT molecular complexity index is 996. The lowest BCUT2D eigenvalue weighted by Gasteiger charge is -2.34. The molecule has 0 unspecified atom stereocenters. The minimum Gasteiger partial charge on any atom is -0.495 e. The fourth-order valence-electron chi connectivity index (χ4n) is 4.28. The van der Waals surface area contributed by atoms with Crippen LogP contribution in [0.1, 0.15) is 66.4 Å². The first kappa shape index (κ1) is 30.9. The van der Waals surface area contributed by atoms with Crippen LogP contribution < -0.4 is 20.7 Å². The van der Waals surface area contributed by atoms with E-state index in [0.29, 0.717) is 43.8 Å². The maximum atomic E-state index is 13.2. The molecule has 10 nitrogen and oxygen atoms in total. The molecule has 1 heterocycles. The molecule has 0 spiro atoms. The summed E-state index contributed by atoms with van der Waals surface area (Å²) in [5.41, 5.74) is 0.846. The van der Waals surface area contributed by atoms with Crippen molar-refractivity contribution in [2.75, 3.05) is 25.5 Å². The number of alkyl carbamates (subject to hydrolysis) is 1. The summed E-state index contributed by atoms with van der Waals surface area (Å²) in [5.74, 6) is -0.333. The summed E-state index contributed by atoms with van der Waals surface area (Å²) in [4.78, 5) is 52.8. The topological polar surface area (TPSA) is 126 Å². The van der Waals surface area contributed by atoms with Crippen LogP contribution in [0.2, 0.25) is 0 Å². The Morgan fingerprint density at radius 1 is 1.05 bits per heavy atom. The van der Waals surface area contributed by atoms with E-state index < -0.39 is 23.8 Å². The standard InChI is InChI=1S/C28H44N4O6/c1-17(2)15-22(31-27(36)38-28(5,6)7)26(35)32-13-11-20(12-14-32)25(34)29-19(4)24(33)30-21-16-18(3)9-10-23(21)37-8/h9-10,16-17,19-20,22H,11-15H2,1-8H3,(H,29,34)(H,30,33)(H,31,36)/t19-,22-/m0/s1. The van der Waals surface area contributed by atoms with E-state index in [4.69, 9.17) is 9.47 Å². The third-order valence-corrected chi connectivity index (χ3v) is 6.24. The fraction of sp³-hybridized carbons (Fsp3) is 0.643.